The first kappa shape index (κ1) is 8.99. The third kappa shape index (κ3) is 1.94. The van der Waals surface area contributed by atoms with Gasteiger partial charge in [-0.05, 0) is 0 Å². The lowest BCUT2D eigenvalue weighted by Crippen LogP contribution is -2.40. The summed E-state index contributed by atoms with van der Waals surface area (Å²) in [6.07, 6.45) is 0.803. The molecule has 1 fully saturated rings. The van der Waals surface area contributed by atoms with Crippen molar-refractivity contribution in [2.24, 2.45) is 5.73 Å². The van der Waals surface area contributed by atoms with E-state index in [4.69, 9.17) is 15.9 Å². The zero-order valence-electron chi connectivity index (χ0n) is 6.72. The molecule has 0 spiro atoms. The normalized spacial score (nSPS) is 19.4. The van der Waals surface area contributed by atoms with Crippen molar-refractivity contribution in [2.75, 3.05) is 26.3 Å². The van der Waals surface area contributed by atoms with Crippen LogP contribution in [0.1, 0.15) is 0 Å². The first-order valence-electron chi connectivity index (χ1n) is 3.74. The molecule has 0 aromatic rings. The van der Waals surface area contributed by atoms with Crippen LogP contribution in [0.15, 0.2) is 12.0 Å². The van der Waals surface area contributed by atoms with Crippen LogP contribution >= 0.6 is 0 Å². The quantitative estimate of drug-likeness (QED) is 0.435. The second-order valence-electron chi connectivity index (χ2n) is 2.46. The van der Waals surface area contributed by atoms with Gasteiger partial charge < -0.3 is 15.4 Å². The van der Waals surface area contributed by atoms with E-state index in [1.807, 2.05) is 0 Å². The number of hydrogen-bond donors (Lipinski definition) is 2. The second-order valence-corrected chi connectivity index (χ2v) is 2.46. The molecule has 0 aliphatic carbocycles. The molecule has 0 radical (unpaired) electrons. The maximum atomic E-state index is 12.7. The van der Waals surface area contributed by atoms with Crippen LogP contribution in [-0.4, -0.2) is 37.0 Å². The molecule has 12 heavy (non-hydrogen) atoms. The standard InChI is InChI=1S/C7H12FN3O/c8-6(5-9)7(10)11-1-3-12-4-2-11/h5,10H,1-4,9H2. The summed E-state index contributed by atoms with van der Waals surface area (Å²) in [5, 5.41) is 7.34. The Hall–Kier alpha value is -1.10. The van der Waals surface area contributed by atoms with Crippen molar-refractivity contribution in [2.45, 2.75) is 0 Å². The van der Waals surface area contributed by atoms with Gasteiger partial charge in [0, 0.05) is 19.3 Å². The van der Waals surface area contributed by atoms with E-state index in [0.29, 0.717) is 26.3 Å². The van der Waals surface area contributed by atoms with Crippen LogP contribution in [0.3, 0.4) is 0 Å². The minimum Gasteiger partial charge on any atom is -0.402 e. The van der Waals surface area contributed by atoms with Crippen LogP contribution < -0.4 is 5.73 Å². The Morgan fingerprint density at radius 3 is 2.58 bits per heavy atom. The van der Waals surface area contributed by atoms with E-state index in [1.54, 1.807) is 4.90 Å². The van der Waals surface area contributed by atoms with E-state index in [2.05, 4.69) is 0 Å². The highest BCUT2D eigenvalue weighted by molar-refractivity contribution is 5.93. The molecule has 0 saturated carbocycles. The molecule has 0 aromatic heterocycles. The van der Waals surface area contributed by atoms with Crippen molar-refractivity contribution < 1.29 is 9.13 Å². The van der Waals surface area contributed by atoms with Gasteiger partial charge in [0.1, 0.15) is 0 Å². The van der Waals surface area contributed by atoms with Crippen molar-refractivity contribution in [3.8, 4) is 0 Å². The number of rotatable bonds is 1. The molecular formula is C7H12FN3O. The van der Waals surface area contributed by atoms with Gasteiger partial charge >= 0.3 is 0 Å². The molecule has 1 aliphatic rings. The summed E-state index contributed by atoms with van der Waals surface area (Å²) in [5.41, 5.74) is 4.94. The van der Waals surface area contributed by atoms with Crippen molar-refractivity contribution in [3.05, 3.63) is 12.0 Å². The van der Waals surface area contributed by atoms with Gasteiger partial charge in [0.2, 0.25) is 0 Å². The van der Waals surface area contributed by atoms with Crippen molar-refractivity contribution >= 4 is 5.84 Å². The van der Waals surface area contributed by atoms with E-state index >= 15 is 0 Å². The minimum atomic E-state index is -0.683. The number of halogens is 1. The highest BCUT2D eigenvalue weighted by Crippen LogP contribution is 2.05. The highest BCUT2D eigenvalue weighted by atomic mass is 19.1. The Bertz CT molecular complexity index is 199. The van der Waals surface area contributed by atoms with E-state index < -0.39 is 5.83 Å². The number of morpholine rings is 1. The van der Waals surface area contributed by atoms with Gasteiger partial charge in [-0.2, -0.15) is 0 Å². The fraction of sp³-hybridized carbons (Fsp3) is 0.571. The summed E-state index contributed by atoms with van der Waals surface area (Å²) >= 11 is 0. The number of nitrogens with two attached hydrogens (primary N) is 1. The van der Waals surface area contributed by atoms with E-state index in [9.17, 15) is 4.39 Å². The van der Waals surface area contributed by atoms with Gasteiger partial charge in [-0.3, -0.25) is 5.41 Å². The average molecular weight is 173 g/mol. The topological polar surface area (TPSA) is 62.3 Å². The maximum Gasteiger partial charge on any atom is 0.180 e. The Balaban J connectivity index is 2.51. The average Bonchev–Trinajstić information content (AvgIpc) is 2.17. The summed E-state index contributed by atoms with van der Waals surface area (Å²) in [7, 11) is 0. The molecule has 68 valence electrons. The first-order valence-corrected chi connectivity index (χ1v) is 3.74. The van der Waals surface area contributed by atoms with Gasteiger partial charge in [0.15, 0.2) is 11.7 Å². The van der Waals surface area contributed by atoms with Crippen LogP contribution in [0, 0.1) is 5.41 Å². The third-order valence-electron chi connectivity index (χ3n) is 1.70. The molecule has 1 saturated heterocycles. The first-order chi connectivity index (χ1) is 5.75. The summed E-state index contributed by atoms with van der Waals surface area (Å²) in [5.74, 6) is -0.835. The van der Waals surface area contributed by atoms with Gasteiger partial charge in [-0.15, -0.1) is 0 Å². The van der Waals surface area contributed by atoms with Crippen LogP contribution in [0.25, 0.3) is 0 Å². The molecule has 1 heterocycles. The summed E-state index contributed by atoms with van der Waals surface area (Å²) < 4.78 is 17.8. The largest absolute Gasteiger partial charge is 0.402 e. The molecule has 0 aromatic carbocycles. The van der Waals surface area contributed by atoms with Crippen LogP contribution in [0.2, 0.25) is 0 Å². The SMILES string of the molecule is N=C(C(F)=CN)N1CCOCC1. The lowest BCUT2D eigenvalue weighted by Gasteiger charge is -2.27. The Kier molecular flexibility index (Phi) is 3.04. The van der Waals surface area contributed by atoms with Crippen molar-refractivity contribution in [1.82, 2.24) is 4.90 Å². The summed E-state index contributed by atoms with van der Waals surface area (Å²) in [6.45, 7) is 2.20. The number of amidine groups is 1. The molecular weight excluding hydrogens is 161 g/mol. The summed E-state index contributed by atoms with van der Waals surface area (Å²) in [4.78, 5) is 1.60. The smallest absolute Gasteiger partial charge is 0.180 e. The van der Waals surface area contributed by atoms with E-state index in [-0.39, 0.29) is 5.84 Å². The highest BCUT2D eigenvalue weighted by Gasteiger charge is 2.16. The maximum absolute atomic E-state index is 12.7. The van der Waals surface area contributed by atoms with Crippen molar-refractivity contribution in [3.63, 3.8) is 0 Å². The number of nitrogens with one attached hydrogen (secondary N) is 1. The zero-order valence-corrected chi connectivity index (χ0v) is 6.72. The minimum absolute atomic E-state index is 0.152. The Labute approximate surface area is 70.3 Å². The summed E-state index contributed by atoms with van der Waals surface area (Å²) in [6, 6.07) is 0. The molecule has 0 atom stereocenters. The molecule has 5 heteroatoms. The fourth-order valence-electron chi connectivity index (χ4n) is 1.02. The van der Waals surface area contributed by atoms with Crippen LogP contribution in [0.4, 0.5) is 4.39 Å². The van der Waals surface area contributed by atoms with E-state index in [0.717, 1.165) is 6.20 Å². The molecule has 3 N–H and O–H groups in total. The fourth-order valence-corrected chi connectivity index (χ4v) is 1.02. The van der Waals surface area contributed by atoms with Gasteiger partial charge in [0.25, 0.3) is 0 Å². The molecule has 4 nitrogen and oxygen atoms in total. The van der Waals surface area contributed by atoms with Gasteiger partial charge in [-0.1, -0.05) is 0 Å². The molecule has 0 amide bonds. The molecule has 1 rings (SSSR count). The number of ether oxygens (including phenoxy) is 1. The number of nitrogens with zero attached hydrogens (tertiary/aromatic N) is 1. The van der Waals surface area contributed by atoms with Crippen LogP contribution in [0.5, 0.6) is 0 Å². The third-order valence-corrected chi connectivity index (χ3v) is 1.70. The van der Waals surface area contributed by atoms with E-state index in [1.165, 1.54) is 0 Å². The van der Waals surface area contributed by atoms with Crippen molar-refractivity contribution in [1.29, 1.82) is 5.41 Å². The Morgan fingerprint density at radius 1 is 1.50 bits per heavy atom. The molecule has 1 aliphatic heterocycles. The number of hydrogen-bond acceptors (Lipinski definition) is 3. The second kappa shape index (κ2) is 4.06. The Morgan fingerprint density at radius 2 is 2.08 bits per heavy atom. The van der Waals surface area contributed by atoms with Gasteiger partial charge in [0.05, 0.1) is 13.2 Å². The molecule has 0 unspecified atom stereocenters. The van der Waals surface area contributed by atoms with Gasteiger partial charge in [-0.25, -0.2) is 4.39 Å². The zero-order chi connectivity index (χ0) is 8.97. The predicted molar refractivity (Wildman–Crippen MR) is 43.5 cm³/mol. The molecule has 0 bridgehead atoms. The van der Waals surface area contributed by atoms with Crippen LogP contribution in [-0.2, 0) is 4.74 Å². The predicted octanol–water partition coefficient (Wildman–Crippen LogP) is 0.0655. The lowest BCUT2D eigenvalue weighted by molar-refractivity contribution is 0.0674. The monoisotopic (exact) mass is 173 g/mol. The lowest BCUT2D eigenvalue weighted by atomic mass is 10.3.